The molecule has 5 heteroatoms. The highest BCUT2D eigenvalue weighted by Crippen LogP contribution is 2.33. The van der Waals surface area contributed by atoms with E-state index in [2.05, 4.69) is 5.32 Å². The third-order valence-corrected chi connectivity index (χ3v) is 5.03. The summed E-state index contributed by atoms with van der Waals surface area (Å²) in [6, 6.07) is 29.6. The van der Waals surface area contributed by atoms with Crippen LogP contribution in [0.5, 0.6) is 11.5 Å². The molecular weight excluding hydrogens is 426 g/mol. The van der Waals surface area contributed by atoms with Crippen LogP contribution in [0.2, 0.25) is 0 Å². The van der Waals surface area contributed by atoms with Crippen molar-refractivity contribution in [2.75, 3.05) is 5.32 Å². The van der Waals surface area contributed by atoms with E-state index in [-0.39, 0.29) is 0 Å². The van der Waals surface area contributed by atoms with Gasteiger partial charge in [0, 0.05) is 0 Å². The topological polar surface area (TPSA) is 56.8 Å². The maximum Gasteiger partial charge on any atom is 0.412 e. The summed E-state index contributed by atoms with van der Waals surface area (Å²) in [5.74, 6) is 1.32. The van der Waals surface area contributed by atoms with Gasteiger partial charge in [-0.05, 0) is 66.9 Å². The maximum atomic E-state index is 12.5. The van der Waals surface area contributed by atoms with Crippen molar-refractivity contribution in [3.8, 4) is 11.5 Å². The van der Waals surface area contributed by atoms with Gasteiger partial charge < -0.3 is 14.2 Å². The van der Waals surface area contributed by atoms with E-state index in [9.17, 15) is 4.79 Å². The first kappa shape index (κ1) is 23.2. The predicted octanol–water partition coefficient (Wildman–Crippen LogP) is 7.34. The Morgan fingerprint density at radius 3 is 1.97 bits per heavy atom. The lowest BCUT2D eigenvalue weighted by Gasteiger charge is -2.21. The van der Waals surface area contributed by atoms with Crippen LogP contribution in [0.3, 0.4) is 0 Å². The molecule has 0 saturated carbocycles. The van der Waals surface area contributed by atoms with Gasteiger partial charge >= 0.3 is 6.09 Å². The molecule has 4 aromatic rings. The summed E-state index contributed by atoms with van der Waals surface area (Å²) in [6.07, 6.45) is -0.534. The highest BCUT2D eigenvalue weighted by molar-refractivity contribution is 5.95. The van der Waals surface area contributed by atoms with Crippen molar-refractivity contribution in [3.63, 3.8) is 0 Å². The fourth-order valence-electron chi connectivity index (χ4n) is 3.45. The Hall–Kier alpha value is -3.99. The quantitative estimate of drug-likeness (QED) is 0.317. The molecule has 0 saturated heterocycles. The molecule has 1 N–H and O–H groups in total. The summed E-state index contributed by atoms with van der Waals surface area (Å²) >= 11 is 0. The average Bonchev–Trinajstić information content (AvgIpc) is 2.81. The summed E-state index contributed by atoms with van der Waals surface area (Å²) < 4.78 is 17.5. The van der Waals surface area contributed by atoms with Gasteiger partial charge in [0.25, 0.3) is 0 Å². The fraction of sp³-hybridized carbons (Fsp3) is 0.207. The van der Waals surface area contributed by atoms with Crippen LogP contribution in [0.4, 0.5) is 10.5 Å². The normalized spacial score (nSPS) is 11.1. The van der Waals surface area contributed by atoms with Crippen LogP contribution >= 0.6 is 0 Å². The van der Waals surface area contributed by atoms with E-state index in [1.807, 2.05) is 112 Å². The number of fused-ring (bicyclic) bond motifs is 1. The van der Waals surface area contributed by atoms with E-state index >= 15 is 0 Å². The molecule has 0 aromatic heterocycles. The average molecular weight is 456 g/mol. The van der Waals surface area contributed by atoms with E-state index in [0.717, 1.165) is 27.6 Å². The van der Waals surface area contributed by atoms with Crippen LogP contribution in [-0.4, -0.2) is 11.7 Å². The number of ether oxygens (including phenoxy) is 3. The van der Waals surface area contributed by atoms with Gasteiger partial charge in [0.05, 0.1) is 5.69 Å². The molecule has 0 aliphatic carbocycles. The lowest BCUT2D eigenvalue weighted by atomic mass is 10.1. The van der Waals surface area contributed by atoms with Crippen molar-refractivity contribution in [3.05, 3.63) is 102 Å². The number of hydrogen-bond donors (Lipinski definition) is 1. The van der Waals surface area contributed by atoms with Gasteiger partial charge in [-0.3, -0.25) is 5.32 Å². The highest BCUT2D eigenvalue weighted by atomic mass is 16.6. The first-order valence-electron chi connectivity index (χ1n) is 11.3. The van der Waals surface area contributed by atoms with Crippen molar-refractivity contribution in [2.45, 2.75) is 39.6 Å². The molecule has 0 radical (unpaired) electrons. The lowest BCUT2D eigenvalue weighted by Crippen LogP contribution is -2.27. The number of anilines is 1. The largest absolute Gasteiger partial charge is 0.489 e. The standard InChI is InChI=1S/C29H29NO4/c1-29(2,3)34-28(31)30-26-17-24-16-25(32-19-21-10-6-4-7-11-21)15-14-23(24)18-27(26)33-20-22-12-8-5-9-13-22/h4-18H,19-20H2,1-3H3,(H,30,31). The Kier molecular flexibility index (Phi) is 7.02. The molecular formula is C29H29NO4. The predicted molar refractivity (Wildman–Crippen MR) is 135 cm³/mol. The molecule has 34 heavy (non-hydrogen) atoms. The van der Waals surface area contributed by atoms with E-state index < -0.39 is 11.7 Å². The van der Waals surface area contributed by atoms with Gasteiger partial charge in [-0.15, -0.1) is 0 Å². The Balaban J connectivity index is 1.59. The van der Waals surface area contributed by atoms with Gasteiger partial charge in [0.15, 0.2) is 0 Å². The molecule has 4 rings (SSSR count). The summed E-state index contributed by atoms with van der Waals surface area (Å²) in [5, 5.41) is 4.74. The molecule has 0 unspecified atom stereocenters. The van der Waals surface area contributed by atoms with Gasteiger partial charge in [0.1, 0.15) is 30.3 Å². The van der Waals surface area contributed by atoms with E-state index in [0.29, 0.717) is 24.7 Å². The van der Waals surface area contributed by atoms with Crippen LogP contribution in [0, 0.1) is 0 Å². The maximum absolute atomic E-state index is 12.5. The lowest BCUT2D eigenvalue weighted by molar-refractivity contribution is 0.0635. The van der Waals surface area contributed by atoms with Crippen molar-refractivity contribution in [1.29, 1.82) is 0 Å². The smallest absolute Gasteiger partial charge is 0.412 e. The number of carbonyl (C=O) groups excluding carboxylic acids is 1. The SMILES string of the molecule is CC(C)(C)OC(=O)Nc1cc2cc(OCc3ccccc3)ccc2cc1OCc1ccccc1. The number of carbonyl (C=O) groups is 1. The highest BCUT2D eigenvalue weighted by Gasteiger charge is 2.18. The molecule has 4 aromatic carbocycles. The molecule has 0 fully saturated rings. The zero-order chi connectivity index (χ0) is 24.0. The van der Waals surface area contributed by atoms with Crippen LogP contribution in [0.15, 0.2) is 91.0 Å². The summed E-state index contributed by atoms with van der Waals surface area (Å²) in [4.78, 5) is 12.5. The van der Waals surface area contributed by atoms with Gasteiger partial charge in [-0.1, -0.05) is 66.7 Å². The minimum absolute atomic E-state index is 0.383. The molecule has 5 nitrogen and oxygen atoms in total. The molecule has 1 amide bonds. The number of rotatable bonds is 7. The molecule has 0 aliphatic rings. The van der Waals surface area contributed by atoms with E-state index in [1.54, 1.807) is 0 Å². The second-order valence-electron chi connectivity index (χ2n) is 9.03. The number of nitrogens with one attached hydrogen (secondary N) is 1. The number of amides is 1. The first-order valence-corrected chi connectivity index (χ1v) is 11.3. The fourth-order valence-corrected chi connectivity index (χ4v) is 3.45. The second kappa shape index (κ2) is 10.3. The minimum Gasteiger partial charge on any atom is -0.489 e. The Morgan fingerprint density at radius 1 is 0.735 bits per heavy atom. The summed E-state index contributed by atoms with van der Waals surface area (Å²) in [5.41, 5.74) is 2.07. The van der Waals surface area contributed by atoms with Crippen LogP contribution < -0.4 is 14.8 Å². The summed E-state index contributed by atoms with van der Waals surface area (Å²) in [6.45, 7) is 6.35. The Morgan fingerprint density at radius 2 is 1.35 bits per heavy atom. The number of benzene rings is 4. The molecule has 0 heterocycles. The van der Waals surface area contributed by atoms with Gasteiger partial charge in [0.2, 0.25) is 0 Å². The first-order chi connectivity index (χ1) is 16.4. The third kappa shape index (κ3) is 6.51. The van der Waals surface area contributed by atoms with Gasteiger partial charge in [-0.2, -0.15) is 0 Å². The van der Waals surface area contributed by atoms with Crippen molar-refractivity contribution in [2.24, 2.45) is 0 Å². The van der Waals surface area contributed by atoms with Gasteiger partial charge in [-0.25, -0.2) is 4.79 Å². The monoisotopic (exact) mass is 455 g/mol. The van der Waals surface area contributed by atoms with Crippen LogP contribution in [0.25, 0.3) is 10.8 Å². The molecule has 174 valence electrons. The van der Waals surface area contributed by atoms with E-state index in [1.165, 1.54) is 0 Å². The Bertz CT molecular complexity index is 1250. The van der Waals surface area contributed by atoms with Crippen molar-refractivity contribution >= 4 is 22.6 Å². The van der Waals surface area contributed by atoms with Crippen molar-refractivity contribution < 1.29 is 19.0 Å². The second-order valence-corrected chi connectivity index (χ2v) is 9.03. The third-order valence-electron chi connectivity index (χ3n) is 5.03. The zero-order valence-electron chi connectivity index (χ0n) is 19.7. The zero-order valence-corrected chi connectivity index (χ0v) is 19.7. The number of hydrogen-bond acceptors (Lipinski definition) is 4. The molecule has 0 spiro atoms. The van der Waals surface area contributed by atoms with E-state index in [4.69, 9.17) is 14.2 Å². The van der Waals surface area contributed by atoms with Crippen LogP contribution in [-0.2, 0) is 18.0 Å². The van der Waals surface area contributed by atoms with Crippen molar-refractivity contribution in [1.82, 2.24) is 0 Å². The molecule has 0 bridgehead atoms. The molecule has 0 aliphatic heterocycles. The minimum atomic E-state index is -0.607. The Labute approximate surface area is 200 Å². The summed E-state index contributed by atoms with van der Waals surface area (Å²) in [7, 11) is 0. The molecule has 0 atom stereocenters. The van der Waals surface area contributed by atoms with Crippen LogP contribution in [0.1, 0.15) is 31.9 Å².